The zero-order chi connectivity index (χ0) is 24.9. The van der Waals surface area contributed by atoms with Gasteiger partial charge in [0.2, 0.25) is 12.4 Å². The Hall–Kier alpha value is -3.47. The second kappa shape index (κ2) is 10.9. The largest absolute Gasteiger partial charge is 0.478 e. The van der Waals surface area contributed by atoms with Crippen LogP contribution in [0.4, 0.5) is 0 Å². The number of hydrogen-bond donors (Lipinski definition) is 5. The van der Waals surface area contributed by atoms with Crippen LogP contribution in [0.1, 0.15) is 11.7 Å². The van der Waals surface area contributed by atoms with Crippen LogP contribution in [0, 0.1) is 0 Å². The third kappa shape index (κ3) is 5.45. The van der Waals surface area contributed by atoms with Crippen LogP contribution in [0.2, 0.25) is 0 Å². The zero-order valence-corrected chi connectivity index (χ0v) is 18.5. The lowest BCUT2D eigenvalue weighted by atomic mass is 9.99. The number of benzene rings is 3. The van der Waals surface area contributed by atoms with Gasteiger partial charge >= 0.3 is 5.97 Å². The van der Waals surface area contributed by atoms with Crippen LogP contribution in [-0.2, 0) is 9.53 Å². The van der Waals surface area contributed by atoms with Crippen molar-refractivity contribution in [1.29, 1.82) is 0 Å². The van der Waals surface area contributed by atoms with Gasteiger partial charge in [0.05, 0.1) is 6.61 Å². The van der Waals surface area contributed by atoms with Crippen molar-refractivity contribution >= 4 is 5.97 Å². The molecule has 0 amide bonds. The Kier molecular flexibility index (Phi) is 7.64. The van der Waals surface area contributed by atoms with Crippen molar-refractivity contribution in [2.24, 2.45) is 0 Å². The van der Waals surface area contributed by atoms with Crippen molar-refractivity contribution in [1.82, 2.24) is 0 Å². The molecule has 0 bridgehead atoms. The van der Waals surface area contributed by atoms with Gasteiger partial charge in [-0.15, -0.1) is 0 Å². The Bertz CT molecular complexity index is 1130. The number of aliphatic hydroxyl groups excluding tert-OH is 4. The first-order valence-electron chi connectivity index (χ1n) is 11.0. The van der Waals surface area contributed by atoms with Crippen LogP contribution in [-0.4, -0.2) is 68.8 Å². The van der Waals surface area contributed by atoms with E-state index in [-0.39, 0.29) is 0 Å². The molecule has 3 aromatic carbocycles. The van der Waals surface area contributed by atoms with Gasteiger partial charge in [0.25, 0.3) is 0 Å². The Balaban J connectivity index is 1.59. The summed E-state index contributed by atoms with van der Waals surface area (Å²) in [6, 6.07) is 22.3. The fourth-order valence-corrected chi connectivity index (χ4v) is 3.86. The van der Waals surface area contributed by atoms with E-state index in [1.807, 2.05) is 0 Å². The number of para-hydroxylation sites is 1. The highest BCUT2D eigenvalue weighted by atomic mass is 16.7. The molecule has 6 atom stereocenters. The summed E-state index contributed by atoms with van der Waals surface area (Å²) in [5, 5.41) is 49.5. The number of carbonyl (C=O) groups is 1. The average molecular weight is 482 g/mol. The van der Waals surface area contributed by atoms with Gasteiger partial charge in [-0.3, -0.25) is 0 Å². The molecule has 0 aliphatic carbocycles. The molecule has 9 heteroatoms. The maximum Gasteiger partial charge on any atom is 0.349 e. The van der Waals surface area contributed by atoms with Gasteiger partial charge in [-0.05, 0) is 23.8 Å². The quantitative estimate of drug-likeness (QED) is 0.324. The lowest BCUT2D eigenvalue weighted by molar-refractivity contribution is -0.277. The predicted octanol–water partition coefficient (Wildman–Crippen LogP) is 1.74. The van der Waals surface area contributed by atoms with Crippen molar-refractivity contribution in [3.8, 4) is 22.6 Å². The number of carboxylic acid groups (broad SMARTS) is 1. The first kappa shape index (κ1) is 24.6. The Labute approximate surface area is 201 Å². The summed E-state index contributed by atoms with van der Waals surface area (Å²) < 4.78 is 17.1. The number of ether oxygens (including phenoxy) is 3. The second-order valence-electron chi connectivity index (χ2n) is 8.09. The van der Waals surface area contributed by atoms with Gasteiger partial charge in [-0.2, -0.15) is 0 Å². The molecule has 5 N–H and O–H groups in total. The molecule has 1 fully saturated rings. The molecular formula is C26H26O9. The summed E-state index contributed by atoms with van der Waals surface area (Å²) in [6.07, 6.45) is -8.27. The zero-order valence-electron chi connectivity index (χ0n) is 18.5. The highest BCUT2D eigenvalue weighted by Gasteiger charge is 2.44. The van der Waals surface area contributed by atoms with E-state index in [1.165, 1.54) is 0 Å². The predicted molar refractivity (Wildman–Crippen MR) is 124 cm³/mol. The van der Waals surface area contributed by atoms with E-state index in [1.54, 1.807) is 78.9 Å². The fourth-order valence-electron chi connectivity index (χ4n) is 3.86. The summed E-state index contributed by atoms with van der Waals surface area (Å²) in [4.78, 5) is 11.8. The van der Waals surface area contributed by atoms with Gasteiger partial charge in [-0.1, -0.05) is 60.7 Å². The highest BCUT2D eigenvalue weighted by Crippen LogP contribution is 2.35. The van der Waals surface area contributed by atoms with E-state index in [4.69, 9.17) is 14.2 Å². The van der Waals surface area contributed by atoms with E-state index in [0.717, 1.165) is 0 Å². The molecule has 0 radical (unpaired) electrons. The van der Waals surface area contributed by atoms with Crippen molar-refractivity contribution < 1.29 is 44.5 Å². The molecular weight excluding hydrogens is 456 g/mol. The number of aliphatic carboxylic acids is 1. The number of rotatable bonds is 8. The Morgan fingerprint density at radius 1 is 0.886 bits per heavy atom. The maximum atomic E-state index is 11.8. The molecule has 3 aromatic rings. The topological polar surface area (TPSA) is 146 Å². The highest BCUT2D eigenvalue weighted by molar-refractivity contribution is 5.75. The van der Waals surface area contributed by atoms with Crippen molar-refractivity contribution in [2.45, 2.75) is 36.8 Å². The lowest BCUT2D eigenvalue weighted by Gasteiger charge is -2.39. The monoisotopic (exact) mass is 482 g/mol. The molecule has 1 aliphatic rings. The molecule has 35 heavy (non-hydrogen) atoms. The summed E-state index contributed by atoms with van der Waals surface area (Å²) >= 11 is 0. The summed E-state index contributed by atoms with van der Waals surface area (Å²) in [5.41, 5.74) is 1.72. The van der Waals surface area contributed by atoms with Crippen molar-refractivity contribution in [3.63, 3.8) is 0 Å². The smallest absolute Gasteiger partial charge is 0.349 e. The van der Waals surface area contributed by atoms with Crippen LogP contribution in [0.15, 0.2) is 78.9 Å². The lowest BCUT2D eigenvalue weighted by Crippen LogP contribution is -2.60. The first-order valence-corrected chi connectivity index (χ1v) is 11.0. The van der Waals surface area contributed by atoms with E-state index in [2.05, 4.69) is 0 Å². The van der Waals surface area contributed by atoms with Crippen LogP contribution in [0.3, 0.4) is 0 Å². The van der Waals surface area contributed by atoms with Gasteiger partial charge in [0.15, 0.2) is 0 Å². The SMILES string of the molecule is O=C(O)C(Oc1cccc(-c2ccccc2OC2OC(CO)C(O)C(O)C2O)c1)c1ccccc1. The minimum Gasteiger partial charge on any atom is -0.478 e. The Morgan fingerprint density at radius 3 is 2.31 bits per heavy atom. The molecule has 184 valence electrons. The van der Waals surface area contributed by atoms with Crippen LogP contribution in [0.5, 0.6) is 11.5 Å². The molecule has 0 spiro atoms. The Morgan fingerprint density at radius 2 is 1.60 bits per heavy atom. The maximum absolute atomic E-state index is 11.8. The van der Waals surface area contributed by atoms with Gasteiger partial charge in [0.1, 0.15) is 35.9 Å². The van der Waals surface area contributed by atoms with Gasteiger partial charge in [0, 0.05) is 11.1 Å². The number of aliphatic hydroxyl groups is 4. The summed E-state index contributed by atoms with van der Waals surface area (Å²) in [5.74, 6) is -0.513. The standard InChI is InChI=1S/C26H26O9/c27-14-20-21(28)22(29)23(30)26(35-20)34-19-12-5-4-11-18(19)16-9-6-10-17(13-16)33-24(25(31)32)15-7-2-1-3-8-15/h1-13,20-24,26-30H,14H2,(H,31,32). The van der Waals surface area contributed by atoms with Crippen LogP contribution >= 0.6 is 0 Å². The van der Waals surface area contributed by atoms with Gasteiger partial charge in [-0.25, -0.2) is 4.79 Å². The minimum atomic E-state index is -1.57. The molecule has 9 nitrogen and oxygen atoms in total. The average Bonchev–Trinajstić information content (AvgIpc) is 2.88. The third-order valence-corrected chi connectivity index (χ3v) is 5.70. The van der Waals surface area contributed by atoms with Gasteiger partial charge < -0.3 is 39.7 Å². The normalized spacial score (nSPS) is 25.0. The van der Waals surface area contributed by atoms with Crippen LogP contribution in [0.25, 0.3) is 11.1 Å². The number of hydrogen-bond acceptors (Lipinski definition) is 8. The van der Waals surface area contributed by atoms with Crippen LogP contribution < -0.4 is 9.47 Å². The molecule has 6 unspecified atom stereocenters. The summed E-state index contributed by atoms with van der Waals surface area (Å²) in [6.45, 7) is -0.571. The third-order valence-electron chi connectivity index (χ3n) is 5.70. The van der Waals surface area contributed by atoms with E-state index in [0.29, 0.717) is 28.2 Å². The molecule has 0 aromatic heterocycles. The van der Waals surface area contributed by atoms with E-state index < -0.39 is 49.4 Å². The first-order chi connectivity index (χ1) is 16.9. The molecule has 1 saturated heterocycles. The fraction of sp³-hybridized carbons (Fsp3) is 0.269. The molecule has 4 rings (SSSR count). The molecule has 0 saturated carbocycles. The summed E-state index contributed by atoms with van der Waals surface area (Å²) in [7, 11) is 0. The van der Waals surface area contributed by atoms with Crippen molar-refractivity contribution in [2.75, 3.05) is 6.61 Å². The van der Waals surface area contributed by atoms with E-state index >= 15 is 0 Å². The molecule has 1 aliphatic heterocycles. The van der Waals surface area contributed by atoms with E-state index in [9.17, 15) is 30.3 Å². The number of carboxylic acids is 1. The van der Waals surface area contributed by atoms with Crippen molar-refractivity contribution in [3.05, 3.63) is 84.4 Å². The second-order valence-corrected chi connectivity index (χ2v) is 8.09. The minimum absolute atomic E-state index is 0.298. The molecule has 1 heterocycles.